The van der Waals surface area contributed by atoms with E-state index in [1.165, 1.54) is 0 Å². The lowest BCUT2D eigenvalue weighted by atomic mass is 10.2. The lowest BCUT2D eigenvalue weighted by Crippen LogP contribution is -2.37. The predicted octanol–water partition coefficient (Wildman–Crippen LogP) is 4.39. The number of nitrogens with one attached hydrogen (secondary N) is 1. The molecule has 3 rings (SSSR count). The third-order valence-corrected chi connectivity index (χ3v) is 5.34. The summed E-state index contributed by atoms with van der Waals surface area (Å²) in [6.45, 7) is 6.90. The number of morpholine rings is 1. The van der Waals surface area contributed by atoms with E-state index in [4.69, 9.17) is 37.4 Å². The number of halogens is 2. The second-order valence-electron chi connectivity index (χ2n) is 7.01. The van der Waals surface area contributed by atoms with E-state index in [0.717, 1.165) is 63.5 Å². The molecule has 0 aromatic heterocycles. The van der Waals surface area contributed by atoms with Gasteiger partial charge >= 0.3 is 0 Å². The minimum absolute atomic E-state index is 0.371. The molecule has 0 atom stereocenters. The number of ether oxygens (including phenoxy) is 3. The van der Waals surface area contributed by atoms with Crippen molar-refractivity contribution in [2.45, 2.75) is 19.6 Å². The number of hydrogen-bond donors (Lipinski definition) is 1. The van der Waals surface area contributed by atoms with Crippen LogP contribution in [0.5, 0.6) is 11.5 Å². The summed E-state index contributed by atoms with van der Waals surface area (Å²) in [5, 5.41) is 4.69. The monoisotopic (exact) mass is 438 g/mol. The molecule has 29 heavy (non-hydrogen) atoms. The fourth-order valence-electron chi connectivity index (χ4n) is 3.28. The van der Waals surface area contributed by atoms with Crippen molar-refractivity contribution in [1.82, 2.24) is 10.2 Å². The van der Waals surface area contributed by atoms with E-state index in [9.17, 15) is 0 Å². The van der Waals surface area contributed by atoms with E-state index in [2.05, 4.69) is 10.2 Å². The van der Waals surface area contributed by atoms with Crippen LogP contribution in [0.1, 0.15) is 17.5 Å². The highest BCUT2D eigenvalue weighted by Crippen LogP contribution is 2.37. The molecule has 0 aliphatic carbocycles. The molecule has 1 heterocycles. The van der Waals surface area contributed by atoms with Crippen molar-refractivity contribution in [3.8, 4) is 11.5 Å². The third kappa shape index (κ3) is 7.05. The van der Waals surface area contributed by atoms with Crippen molar-refractivity contribution in [2.24, 2.45) is 0 Å². The first-order valence-electron chi connectivity index (χ1n) is 9.90. The highest BCUT2D eigenvalue weighted by atomic mass is 35.5. The number of hydrogen-bond acceptors (Lipinski definition) is 5. The first kappa shape index (κ1) is 22.2. The summed E-state index contributed by atoms with van der Waals surface area (Å²) in [5.41, 5.74) is 2.04. The largest absolute Gasteiger partial charge is 0.493 e. The van der Waals surface area contributed by atoms with Crippen molar-refractivity contribution in [3.05, 3.63) is 57.6 Å². The molecule has 0 saturated carbocycles. The van der Waals surface area contributed by atoms with Gasteiger partial charge in [-0.3, -0.25) is 4.90 Å². The molecule has 0 unspecified atom stereocenters. The van der Waals surface area contributed by atoms with E-state index in [1.54, 1.807) is 7.11 Å². The Hall–Kier alpha value is -1.50. The highest BCUT2D eigenvalue weighted by Gasteiger charge is 2.13. The van der Waals surface area contributed by atoms with Crippen molar-refractivity contribution in [2.75, 3.05) is 46.5 Å². The number of methoxy groups -OCH3 is 1. The maximum atomic E-state index is 6.48. The summed E-state index contributed by atoms with van der Waals surface area (Å²) in [5.74, 6) is 1.18. The van der Waals surface area contributed by atoms with Gasteiger partial charge in [0.15, 0.2) is 11.5 Å². The van der Waals surface area contributed by atoms with Gasteiger partial charge in [0.05, 0.1) is 25.3 Å². The van der Waals surface area contributed by atoms with Gasteiger partial charge < -0.3 is 19.5 Å². The Morgan fingerprint density at radius 2 is 1.93 bits per heavy atom. The van der Waals surface area contributed by atoms with Crippen LogP contribution in [-0.4, -0.2) is 51.4 Å². The zero-order chi connectivity index (χ0) is 20.5. The van der Waals surface area contributed by atoms with E-state index < -0.39 is 0 Å². The van der Waals surface area contributed by atoms with Gasteiger partial charge in [0, 0.05) is 24.7 Å². The minimum Gasteiger partial charge on any atom is -0.493 e. The second kappa shape index (κ2) is 11.6. The van der Waals surface area contributed by atoms with E-state index >= 15 is 0 Å². The molecule has 158 valence electrons. The molecule has 2 aromatic rings. The number of rotatable bonds is 10. The van der Waals surface area contributed by atoms with Gasteiger partial charge in [0.2, 0.25) is 0 Å². The fourth-order valence-corrected chi connectivity index (χ4v) is 3.78. The zero-order valence-electron chi connectivity index (χ0n) is 16.8. The first-order valence-corrected chi connectivity index (χ1v) is 10.7. The molecule has 1 saturated heterocycles. The maximum Gasteiger partial charge on any atom is 0.180 e. The van der Waals surface area contributed by atoms with Crippen LogP contribution in [0.4, 0.5) is 0 Å². The molecule has 0 radical (unpaired) electrons. The summed E-state index contributed by atoms with van der Waals surface area (Å²) in [6, 6.07) is 11.5. The number of benzene rings is 2. The van der Waals surface area contributed by atoms with Gasteiger partial charge in [-0.2, -0.15) is 0 Å². The lowest BCUT2D eigenvalue weighted by Gasteiger charge is -2.26. The summed E-state index contributed by atoms with van der Waals surface area (Å²) >= 11 is 12.5. The first-order chi connectivity index (χ1) is 14.2. The van der Waals surface area contributed by atoms with Gasteiger partial charge in [-0.15, -0.1) is 0 Å². The molecule has 2 aromatic carbocycles. The van der Waals surface area contributed by atoms with Gasteiger partial charge in [0.1, 0.15) is 6.61 Å². The Morgan fingerprint density at radius 3 is 2.69 bits per heavy atom. The van der Waals surface area contributed by atoms with Crippen LogP contribution in [-0.2, 0) is 17.9 Å². The Bertz CT molecular complexity index is 783. The quantitative estimate of drug-likeness (QED) is 0.557. The standard InChI is InChI=1S/C22H28Cl2N2O3/c1-27-21-14-18(15-25-6-3-7-26-8-10-28-11-9-26)13-20(24)22(21)29-16-17-4-2-5-19(23)12-17/h2,4-5,12-14,25H,3,6-11,15-16H2,1H3. The topological polar surface area (TPSA) is 43.0 Å². The summed E-state index contributed by atoms with van der Waals surface area (Å²) in [6.07, 6.45) is 1.10. The lowest BCUT2D eigenvalue weighted by molar-refractivity contribution is 0.0374. The zero-order valence-corrected chi connectivity index (χ0v) is 18.3. The van der Waals surface area contributed by atoms with Crippen LogP contribution < -0.4 is 14.8 Å². The van der Waals surface area contributed by atoms with Crippen LogP contribution in [0.25, 0.3) is 0 Å². The summed E-state index contributed by atoms with van der Waals surface area (Å²) in [4.78, 5) is 2.44. The Morgan fingerprint density at radius 1 is 1.10 bits per heavy atom. The average Bonchev–Trinajstić information content (AvgIpc) is 2.73. The van der Waals surface area contributed by atoms with Crippen LogP contribution in [0.15, 0.2) is 36.4 Å². The Labute approximate surface area is 182 Å². The normalized spacial score (nSPS) is 14.7. The molecule has 0 amide bonds. The molecular formula is C22H28Cl2N2O3. The highest BCUT2D eigenvalue weighted by molar-refractivity contribution is 6.32. The molecule has 1 fully saturated rings. The van der Waals surface area contributed by atoms with Crippen molar-refractivity contribution in [3.63, 3.8) is 0 Å². The fraction of sp³-hybridized carbons (Fsp3) is 0.455. The van der Waals surface area contributed by atoms with E-state index in [0.29, 0.717) is 28.2 Å². The van der Waals surface area contributed by atoms with Crippen molar-refractivity contribution < 1.29 is 14.2 Å². The van der Waals surface area contributed by atoms with Gasteiger partial charge in [0.25, 0.3) is 0 Å². The van der Waals surface area contributed by atoms with Crippen LogP contribution in [0.2, 0.25) is 10.0 Å². The minimum atomic E-state index is 0.371. The smallest absolute Gasteiger partial charge is 0.180 e. The van der Waals surface area contributed by atoms with Gasteiger partial charge in [-0.1, -0.05) is 35.3 Å². The summed E-state index contributed by atoms with van der Waals surface area (Å²) < 4.78 is 16.8. The van der Waals surface area contributed by atoms with Gasteiger partial charge in [-0.05, 0) is 54.9 Å². The third-order valence-electron chi connectivity index (χ3n) is 4.82. The SMILES string of the molecule is COc1cc(CNCCCN2CCOCC2)cc(Cl)c1OCc1cccc(Cl)c1. The maximum absolute atomic E-state index is 6.48. The van der Waals surface area contributed by atoms with E-state index in [1.807, 2.05) is 36.4 Å². The molecule has 1 aliphatic rings. The second-order valence-corrected chi connectivity index (χ2v) is 7.86. The number of nitrogens with zero attached hydrogens (tertiary/aromatic N) is 1. The Balaban J connectivity index is 1.49. The average molecular weight is 439 g/mol. The van der Waals surface area contributed by atoms with Crippen LogP contribution in [0, 0.1) is 0 Å². The predicted molar refractivity (Wildman–Crippen MR) is 117 cm³/mol. The Kier molecular flexibility index (Phi) is 8.90. The summed E-state index contributed by atoms with van der Waals surface area (Å²) in [7, 11) is 1.62. The molecule has 0 spiro atoms. The van der Waals surface area contributed by atoms with Crippen LogP contribution >= 0.6 is 23.2 Å². The molecular weight excluding hydrogens is 411 g/mol. The molecule has 1 N–H and O–H groups in total. The molecule has 1 aliphatic heterocycles. The molecule has 0 bridgehead atoms. The van der Waals surface area contributed by atoms with Crippen LogP contribution in [0.3, 0.4) is 0 Å². The van der Waals surface area contributed by atoms with Crippen molar-refractivity contribution >= 4 is 23.2 Å². The molecule has 5 nitrogen and oxygen atoms in total. The van der Waals surface area contributed by atoms with Crippen molar-refractivity contribution in [1.29, 1.82) is 0 Å². The van der Waals surface area contributed by atoms with Gasteiger partial charge in [-0.25, -0.2) is 0 Å². The molecule has 7 heteroatoms. The van der Waals surface area contributed by atoms with E-state index in [-0.39, 0.29) is 0 Å².